The molecule has 0 N–H and O–H groups in total. The summed E-state index contributed by atoms with van der Waals surface area (Å²) >= 11 is 3.37. The second-order valence-electron chi connectivity index (χ2n) is 4.89. The molecule has 0 aliphatic rings. The van der Waals surface area contributed by atoms with Crippen LogP contribution in [0, 0.1) is 5.82 Å². The Labute approximate surface area is 108 Å². The van der Waals surface area contributed by atoms with E-state index in [0.717, 1.165) is 10.2 Å². The highest BCUT2D eigenvalue weighted by Crippen LogP contribution is 2.24. The van der Waals surface area contributed by atoms with Gasteiger partial charge in [0.05, 0.1) is 17.6 Å². The molecular formula is C12H13BrFN3. The van der Waals surface area contributed by atoms with E-state index in [0.29, 0.717) is 5.69 Å². The van der Waals surface area contributed by atoms with Gasteiger partial charge in [-0.25, -0.2) is 9.07 Å². The van der Waals surface area contributed by atoms with Gasteiger partial charge in [0.15, 0.2) is 0 Å². The zero-order valence-corrected chi connectivity index (χ0v) is 11.5. The first-order valence-corrected chi connectivity index (χ1v) is 6.05. The molecule has 90 valence electrons. The van der Waals surface area contributed by atoms with Crippen LogP contribution in [0.2, 0.25) is 0 Å². The molecule has 2 aromatic rings. The Balaban J connectivity index is 2.47. The fourth-order valence-electron chi connectivity index (χ4n) is 1.39. The van der Waals surface area contributed by atoms with Gasteiger partial charge in [0.1, 0.15) is 5.82 Å². The van der Waals surface area contributed by atoms with Crippen molar-refractivity contribution >= 4 is 15.9 Å². The van der Waals surface area contributed by atoms with E-state index in [1.54, 1.807) is 10.7 Å². The molecule has 5 heteroatoms. The molecule has 0 aliphatic carbocycles. The SMILES string of the molecule is CC(C)(C)c1cn(-c2cc(F)ccc2Br)nn1. The lowest BCUT2D eigenvalue weighted by atomic mass is 9.93. The van der Waals surface area contributed by atoms with Gasteiger partial charge < -0.3 is 0 Å². The van der Waals surface area contributed by atoms with Crippen molar-refractivity contribution in [1.29, 1.82) is 0 Å². The summed E-state index contributed by atoms with van der Waals surface area (Å²) in [6, 6.07) is 4.48. The van der Waals surface area contributed by atoms with Crippen LogP contribution >= 0.6 is 15.9 Å². The summed E-state index contributed by atoms with van der Waals surface area (Å²) in [5.74, 6) is -0.295. The van der Waals surface area contributed by atoms with Gasteiger partial charge in [-0.15, -0.1) is 5.10 Å². The highest BCUT2D eigenvalue weighted by Gasteiger charge is 2.18. The molecule has 0 aliphatic heterocycles. The average Bonchev–Trinajstić information content (AvgIpc) is 2.70. The van der Waals surface area contributed by atoms with E-state index in [1.165, 1.54) is 12.1 Å². The third-order valence-electron chi connectivity index (χ3n) is 2.42. The Hall–Kier alpha value is -1.23. The number of rotatable bonds is 1. The second kappa shape index (κ2) is 4.22. The molecule has 17 heavy (non-hydrogen) atoms. The first-order valence-electron chi connectivity index (χ1n) is 5.26. The van der Waals surface area contributed by atoms with Gasteiger partial charge in [-0.2, -0.15) is 0 Å². The third-order valence-corrected chi connectivity index (χ3v) is 3.09. The molecule has 0 bridgehead atoms. The van der Waals surface area contributed by atoms with Crippen LogP contribution in [-0.4, -0.2) is 15.0 Å². The van der Waals surface area contributed by atoms with Gasteiger partial charge in [-0.3, -0.25) is 0 Å². The maximum absolute atomic E-state index is 13.2. The lowest BCUT2D eigenvalue weighted by molar-refractivity contribution is 0.566. The Bertz CT molecular complexity index is 543. The Morgan fingerprint density at radius 2 is 2.00 bits per heavy atom. The van der Waals surface area contributed by atoms with Crippen molar-refractivity contribution in [2.45, 2.75) is 26.2 Å². The van der Waals surface area contributed by atoms with E-state index in [4.69, 9.17) is 0 Å². The Morgan fingerprint density at radius 3 is 2.59 bits per heavy atom. The van der Waals surface area contributed by atoms with Crippen molar-refractivity contribution in [3.05, 3.63) is 40.4 Å². The molecule has 1 aromatic heterocycles. The summed E-state index contributed by atoms with van der Waals surface area (Å²) < 4.78 is 15.6. The highest BCUT2D eigenvalue weighted by atomic mass is 79.9. The molecular weight excluding hydrogens is 285 g/mol. The molecule has 3 nitrogen and oxygen atoms in total. The van der Waals surface area contributed by atoms with Gasteiger partial charge in [0.2, 0.25) is 0 Å². The number of hydrogen-bond donors (Lipinski definition) is 0. The number of nitrogens with zero attached hydrogens (tertiary/aromatic N) is 3. The lowest BCUT2D eigenvalue weighted by Crippen LogP contribution is -2.11. The summed E-state index contributed by atoms with van der Waals surface area (Å²) in [6.07, 6.45) is 1.82. The highest BCUT2D eigenvalue weighted by molar-refractivity contribution is 9.10. The van der Waals surface area contributed by atoms with Crippen LogP contribution in [0.25, 0.3) is 5.69 Å². The van der Waals surface area contributed by atoms with Gasteiger partial charge in [0, 0.05) is 16.0 Å². The normalized spacial score (nSPS) is 11.8. The smallest absolute Gasteiger partial charge is 0.125 e. The molecule has 1 aromatic carbocycles. The molecule has 0 spiro atoms. The van der Waals surface area contributed by atoms with Crippen molar-refractivity contribution in [2.75, 3.05) is 0 Å². The minimum atomic E-state index is -0.295. The topological polar surface area (TPSA) is 30.7 Å². The molecule has 0 atom stereocenters. The van der Waals surface area contributed by atoms with Crippen LogP contribution in [0.3, 0.4) is 0 Å². The summed E-state index contributed by atoms with van der Waals surface area (Å²) in [5, 5.41) is 8.13. The first-order chi connectivity index (χ1) is 7.88. The van der Waals surface area contributed by atoms with E-state index in [-0.39, 0.29) is 11.2 Å². The predicted molar refractivity (Wildman–Crippen MR) is 67.7 cm³/mol. The summed E-state index contributed by atoms with van der Waals surface area (Å²) in [7, 11) is 0. The van der Waals surface area contributed by atoms with Gasteiger partial charge in [-0.1, -0.05) is 26.0 Å². The molecule has 2 rings (SSSR count). The Morgan fingerprint density at radius 1 is 1.29 bits per heavy atom. The van der Waals surface area contributed by atoms with Crippen molar-refractivity contribution in [2.24, 2.45) is 0 Å². The molecule has 0 amide bonds. The second-order valence-corrected chi connectivity index (χ2v) is 5.75. The zero-order valence-electron chi connectivity index (χ0n) is 9.91. The van der Waals surface area contributed by atoms with Gasteiger partial charge in [0.25, 0.3) is 0 Å². The van der Waals surface area contributed by atoms with Crippen LogP contribution in [0.15, 0.2) is 28.9 Å². The maximum atomic E-state index is 13.2. The van der Waals surface area contributed by atoms with Crippen LogP contribution in [0.5, 0.6) is 0 Å². The molecule has 1 heterocycles. The van der Waals surface area contributed by atoms with Crippen molar-refractivity contribution in [3.63, 3.8) is 0 Å². The van der Waals surface area contributed by atoms with Crippen LogP contribution in [0.1, 0.15) is 26.5 Å². The molecule has 0 saturated carbocycles. The van der Waals surface area contributed by atoms with Crippen molar-refractivity contribution in [3.8, 4) is 5.69 Å². The largest absolute Gasteiger partial charge is 0.219 e. The van der Waals surface area contributed by atoms with E-state index < -0.39 is 0 Å². The number of hydrogen-bond acceptors (Lipinski definition) is 2. The van der Waals surface area contributed by atoms with Crippen molar-refractivity contribution in [1.82, 2.24) is 15.0 Å². The molecule has 0 fully saturated rings. The molecule has 0 radical (unpaired) electrons. The summed E-state index contributed by atoms with van der Waals surface area (Å²) in [5.41, 5.74) is 1.44. The van der Waals surface area contributed by atoms with Gasteiger partial charge in [-0.05, 0) is 28.1 Å². The van der Waals surface area contributed by atoms with Crippen molar-refractivity contribution < 1.29 is 4.39 Å². The molecule has 0 unspecified atom stereocenters. The van der Waals surface area contributed by atoms with Gasteiger partial charge >= 0.3 is 0 Å². The van der Waals surface area contributed by atoms with E-state index in [9.17, 15) is 4.39 Å². The van der Waals surface area contributed by atoms with E-state index in [1.807, 2.05) is 6.20 Å². The minimum absolute atomic E-state index is 0.0714. The zero-order chi connectivity index (χ0) is 12.6. The fourth-order valence-corrected chi connectivity index (χ4v) is 1.81. The summed E-state index contributed by atoms with van der Waals surface area (Å²) in [6.45, 7) is 6.17. The number of benzene rings is 1. The quantitative estimate of drug-likeness (QED) is 0.807. The maximum Gasteiger partial charge on any atom is 0.125 e. The van der Waals surface area contributed by atoms with E-state index >= 15 is 0 Å². The van der Waals surface area contributed by atoms with E-state index in [2.05, 4.69) is 47.0 Å². The third kappa shape index (κ3) is 2.54. The Kier molecular flexibility index (Phi) is 3.03. The minimum Gasteiger partial charge on any atom is -0.219 e. The fraction of sp³-hybridized carbons (Fsp3) is 0.333. The lowest BCUT2D eigenvalue weighted by Gasteiger charge is -2.13. The number of aromatic nitrogens is 3. The van der Waals surface area contributed by atoms with Crippen LogP contribution in [0.4, 0.5) is 4.39 Å². The average molecular weight is 298 g/mol. The number of halogens is 2. The van der Waals surface area contributed by atoms with Crippen LogP contribution in [-0.2, 0) is 5.41 Å². The predicted octanol–water partition coefficient (Wildman–Crippen LogP) is 3.47. The standard InChI is InChI=1S/C12H13BrFN3/c1-12(2,3)11-7-17(16-15-11)10-6-8(14)4-5-9(10)13/h4-7H,1-3H3. The monoisotopic (exact) mass is 297 g/mol. The molecule has 0 saturated heterocycles. The summed E-state index contributed by atoms with van der Waals surface area (Å²) in [4.78, 5) is 0. The van der Waals surface area contributed by atoms with Crippen LogP contribution < -0.4 is 0 Å². The first kappa shape index (κ1) is 12.2.